The standard InChI is InChI=1S/C23H31FN2O/c1-4-7-11-20(6-3)23(27)26(14-5-2)18-22-13-9-15-25(22)17-19-10-8-12-21(24)16-19/h5,8-10,12-13,15-16,20H,2,4,6-7,11,14,17-18H2,1,3H3/t20-/m1/s1. The molecule has 1 amide bonds. The topological polar surface area (TPSA) is 25.2 Å². The second-order valence-electron chi connectivity index (χ2n) is 7.01. The van der Waals surface area contributed by atoms with Crippen molar-refractivity contribution < 1.29 is 9.18 Å². The first-order valence-corrected chi connectivity index (χ1v) is 9.87. The predicted octanol–water partition coefficient (Wildman–Crippen LogP) is 5.41. The Morgan fingerprint density at radius 2 is 2.11 bits per heavy atom. The third-order valence-corrected chi connectivity index (χ3v) is 4.93. The molecule has 0 N–H and O–H groups in total. The minimum atomic E-state index is -0.230. The fraction of sp³-hybridized carbons (Fsp3) is 0.435. The number of carbonyl (C=O) groups is 1. The van der Waals surface area contributed by atoms with Crippen molar-refractivity contribution >= 4 is 5.91 Å². The summed E-state index contributed by atoms with van der Waals surface area (Å²) >= 11 is 0. The zero-order valence-electron chi connectivity index (χ0n) is 16.5. The summed E-state index contributed by atoms with van der Waals surface area (Å²) in [6.07, 6.45) is 7.72. The maximum absolute atomic E-state index is 13.5. The van der Waals surface area contributed by atoms with E-state index in [9.17, 15) is 9.18 Å². The number of hydrogen-bond acceptors (Lipinski definition) is 1. The van der Waals surface area contributed by atoms with E-state index < -0.39 is 0 Å². The maximum atomic E-state index is 13.5. The van der Waals surface area contributed by atoms with Crippen LogP contribution in [0.4, 0.5) is 4.39 Å². The molecular formula is C23H31FN2O. The van der Waals surface area contributed by atoms with Crippen LogP contribution < -0.4 is 0 Å². The molecule has 0 aliphatic rings. The lowest BCUT2D eigenvalue weighted by Crippen LogP contribution is -2.36. The highest BCUT2D eigenvalue weighted by atomic mass is 19.1. The van der Waals surface area contributed by atoms with Crippen LogP contribution in [0.5, 0.6) is 0 Å². The van der Waals surface area contributed by atoms with Crippen molar-refractivity contribution in [3.8, 4) is 0 Å². The molecule has 2 rings (SSSR count). The molecule has 1 aromatic carbocycles. The summed E-state index contributed by atoms with van der Waals surface area (Å²) in [6, 6.07) is 10.6. The minimum absolute atomic E-state index is 0.0662. The van der Waals surface area contributed by atoms with E-state index in [4.69, 9.17) is 0 Å². The first-order valence-electron chi connectivity index (χ1n) is 9.87. The van der Waals surface area contributed by atoms with Crippen LogP contribution in [0.3, 0.4) is 0 Å². The van der Waals surface area contributed by atoms with E-state index >= 15 is 0 Å². The van der Waals surface area contributed by atoms with Gasteiger partial charge in [0.05, 0.1) is 6.54 Å². The van der Waals surface area contributed by atoms with E-state index in [0.29, 0.717) is 19.6 Å². The molecule has 0 aliphatic heterocycles. The number of rotatable bonds is 11. The Labute approximate surface area is 162 Å². The fourth-order valence-corrected chi connectivity index (χ4v) is 3.37. The van der Waals surface area contributed by atoms with E-state index in [2.05, 4.69) is 25.0 Å². The molecule has 1 heterocycles. The Bertz CT molecular complexity index is 737. The van der Waals surface area contributed by atoms with Gasteiger partial charge in [-0.15, -0.1) is 6.58 Å². The van der Waals surface area contributed by atoms with Crippen molar-refractivity contribution in [2.24, 2.45) is 5.92 Å². The zero-order chi connectivity index (χ0) is 19.6. The summed E-state index contributed by atoms with van der Waals surface area (Å²) in [7, 11) is 0. The van der Waals surface area contributed by atoms with Crippen LogP contribution in [0.2, 0.25) is 0 Å². The number of aromatic nitrogens is 1. The molecule has 0 aliphatic carbocycles. The first kappa shape index (κ1) is 20.9. The number of amides is 1. The van der Waals surface area contributed by atoms with Gasteiger partial charge < -0.3 is 9.47 Å². The van der Waals surface area contributed by atoms with Crippen LogP contribution >= 0.6 is 0 Å². The quantitative estimate of drug-likeness (QED) is 0.486. The highest BCUT2D eigenvalue weighted by Crippen LogP contribution is 2.19. The van der Waals surface area contributed by atoms with Crippen molar-refractivity contribution in [3.63, 3.8) is 0 Å². The molecule has 0 unspecified atom stereocenters. The molecule has 0 spiro atoms. The molecule has 0 saturated heterocycles. The Balaban J connectivity index is 2.13. The maximum Gasteiger partial charge on any atom is 0.226 e. The summed E-state index contributed by atoms with van der Waals surface area (Å²) in [6.45, 7) is 9.71. The molecule has 1 aromatic heterocycles. The number of nitrogens with zero attached hydrogens (tertiary/aromatic N) is 2. The average molecular weight is 371 g/mol. The van der Waals surface area contributed by atoms with Gasteiger partial charge in [-0.05, 0) is 42.7 Å². The molecule has 0 radical (unpaired) electrons. The lowest BCUT2D eigenvalue weighted by molar-refractivity contribution is -0.136. The lowest BCUT2D eigenvalue weighted by atomic mass is 9.97. The van der Waals surface area contributed by atoms with Crippen molar-refractivity contribution in [2.45, 2.75) is 52.6 Å². The summed E-state index contributed by atoms with van der Waals surface area (Å²) in [5.74, 6) is 0.0345. The lowest BCUT2D eigenvalue weighted by Gasteiger charge is -2.26. The Kier molecular flexibility index (Phi) is 8.31. The van der Waals surface area contributed by atoms with Crippen LogP contribution in [0.1, 0.15) is 50.8 Å². The molecule has 3 nitrogen and oxygen atoms in total. The summed E-state index contributed by atoms with van der Waals surface area (Å²) in [5.41, 5.74) is 1.95. The van der Waals surface area contributed by atoms with E-state index in [0.717, 1.165) is 36.9 Å². The van der Waals surface area contributed by atoms with Gasteiger partial charge in [-0.2, -0.15) is 0 Å². The summed E-state index contributed by atoms with van der Waals surface area (Å²) in [5, 5.41) is 0. The number of unbranched alkanes of at least 4 members (excludes halogenated alkanes) is 1. The number of halogens is 1. The molecule has 27 heavy (non-hydrogen) atoms. The van der Waals surface area contributed by atoms with Crippen molar-refractivity contribution in [3.05, 3.63) is 72.3 Å². The van der Waals surface area contributed by atoms with Gasteiger partial charge in [0.15, 0.2) is 0 Å². The van der Waals surface area contributed by atoms with Crippen molar-refractivity contribution in [2.75, 3.05) is 6.54 Å². The first-order chi connectivity index (χ1) is 13.1. The summed E-state index contributed by atoms with van der Waals surface area (Å²) in [4.78, 5) is 14.9. The van der Waals surface area contributed by atoms with Crippen LogP contribution in [-0.4, -0.2) is 21.9 Å². The third-order valence-electron chi connectivity index (χ3n) is 4.93. The Morgan fingerprint density at radius 1 is 1.30 bits per heavy atom. The van der Waals surface area contributed by atoms with Crippen LogP contribution in [0.25, 0.3) is 0 Å². The van der Waals surface area contributed by atoms with E-state index in [-0.39, 0.29) is 17.6 Å². The van der Waals surface area contributed by atoms with Gasteiger partial charge in [-0.25, -0.2) is 4.39 Å². The van der Waals surface area contributed by atoms with Gasteiger partial charge >= 0.3 is 0 Å². The van der Waals surface area contributed by atoms with Gasteiger partial charge in [0.25, 0.3) is 0 Å². The van der Waals surface area contributed by atoms with Gasteiger partial charge in [0, 0.05) is 30.9 Å². The molecule has 0 bridgehead atoms. The largest absolute Gasteiger partial charge is 0.345 e. The highest BCUT2D eigenvalue weighted by Gasteiger charge is 2.22. The molecule has 4 heteroatoms. The average Bonchev–Trinajstić information content (AvgIpc) is 3.08. The molecule has 146 valence electrons. The van der Waals surface area contributed by atoms with Crippen LogP contribution in [0.15, 0.2) is 55.3 Å². The monoisotopic (exact) mass is 370 g/mol. The molecular weight excluding hydrogens is 339 g/mol. The van der Waals surface area contributed by atoms with E-state index in [1.54, 1.807) is 18.2 Å². The van der Waals surface area contributed by atoms with Crippen molar-refractivity contribution in [1.29, 1.82) is 0 Å². The highest BCUT2D eigenvalue weighted by molar-refractivity contribution is 5.78. The van der Waals surface area contributed by atoms with Gasteiger partial charge in [0.1, 0.15) is 5.82 Å². The van der Waals surface area contributed by atoms with E-state index in [1.807, 2.05) is 29.3 Å². The molecule has 0 saturated carbocycles. The van der Waals surface area contributed by atoms with E-state index in [1.165, 1.54) is 6.07 Å². The van der Waals surface area contributed by atoms with Gasteiger partial charge in [-0.1, -0.05) is 44.9 Å². The number of hydrogen-bond donors (Lipinski definition) is 0. The number of benzene rings is 1. The number of carbonyl (C=O) groups excluding carboxylic acids is 1. The smallest absolute Gasteiger partial charge is 0.226 e. The van der Waals surface area contributed by atoms with Crippen LogP contribution in [0, 0.1) is 11.7 Å². The normalized spacial score (nSPS) is 12.0. The Morgan fingerprint density at radius 3 is 2.78 bits per heavy atom. The van der Waals surface area contributed by atoms with Crippen LogP contribution in [-0.2, 0) is 17.9 Å². The Hall–Kier alpha value is -2.36. The SMILES string of the molecule is C=CCN(Cc1cccn1Cc1cccc(F)c1)C(=O)[C@H](CC)CCCC. The van der Waals surface area contributed by atoms with Crippen molar-refractivity contribution in [1.82, 2.24) is 9.47 Å². The molecule has 0 fully saturated rings. The fourth-order valence-electron chi connectivity index (χ4n) is 3.37. The molecule has 2 aromatic rings. The third kappa shape index (κ3) is 6.09. The minimum Gasteiger partial charge on any atom is -0.345 e. The second-order valence-corrected chi connectivity index (χ2v) is 7.01. The molecule has 1 atom stereocenters. The van der Waals surface area contributed by atoms with Gasteiger partial charge in [0.2, 0.25) is 5.91 Å². The van der Waals surface area contributed by atoms with Gasteiger partial charge in [-0.3, -0.25) is 4.79 Å². The second kappa shape index (κ2) is 10.7. The zero-order valence-corrected chi connectivity index (χ0v) is 16.5. The summed E-state index contributed by atoms with van der Waals surface area (Å²) < 4.78 is 15.5. The predicted molar refractivity (Wildman–Crippen MR) is 109 cm³/mol.